The highest BCUT2D eigenvalue weighted by molar-refractivity contribution is 14.0. The molecule has 0 radical (unpaired) electrons. The van der Waals surface area contributed by atoms with Gasteiger partial charge in [0.05, 0.1) is 0 Å². The van der Waals surface area contributed by atoms with E-state index >= 15 is 0 Å². The van der Waals surface area contributed by atoms with Gasteiger partial charge in [0.25, 0.3) is 0 Å². The summed E-state index contributed by atoms with van der Waals surface area (Å²) >= 11 is 0. The van der Waals surface area contributed by atoms with Crippen LogP contribution in [0.5, 0.6) is 5.75 Å². The van der Waals surface area contributed by atoms with Gasteiger partial charge in [-0.2, -0.15) is 0 Å². The Morgan fingerprint density at radius 2 is 1.93 bits per heavy atom. The lowest BCUT2D eigenvalue weighted by Crippen LogP contribution is -2.37. The summed E-state index contributed by atoms with van der Waals surface area (Å²) in [6.45, 7) is 13.1. The van der Waals surface area contributed by atoms with Crippen molar-refractivity contribution in [1.29, 1.82) is 0 Å². The molecule has 1 heterocycles. The maximum atomic E-state index is 6.13. The van der Waals surface area contributed by atoms with E-state index in [-0.39, 0.29) is 29.6 Å². The van der Waals surface area contributed by atoms with E-state index in [1.165, 1.54) is 5.56 Å². The van der Waals surface area contributed by atoms with Crippen molar-refractivity contribution in [1.82, 2.24) is 10.6 Å². The summed E-state index contributed by atoms with van der Waals surface area (Å²) in [6.07, 6.45) is 3.19. The molecule has 1 aliphatic rings. The SMILES string of the molecule is CN=C(NCCCOCC1CCOCC1)NCc1ccc(C)cc1OC(C)(C)C.I. The van der Waals surface area contributed by atoms with Crippen molar-refractivity contribution in [3.05, 3.63) is 29.3 Å². The molecule has 0 atom stereocenters. The van der Waals surface area contributed by atoms with Crippen LogP contribution in [0.25, 0.3) is 0 Å². The first-order valence-corrected chi connectivity index (χ1v) is 10.8. The normalized spacial score (nSPS) is 15.4. The Hall–Kier alpha value is -1.06. The fraction of sp³-hybridized carbons (Fsp3) is 0.696. The molecule has 172 valence electrons. The Morgan fingerprint density at radius 1 is 1.20 bits per heavy atom. The van der Waals surface area contributed by atoms with Crippen LogP contribution in [0.1, 0.15) is 51.2 Å². The van der Waals surface area contributed by atoms with Gasteiger partial charge in [-0.15, -0.1) is 24.0 Å². The van der Waals surface area contributed by atoms with Gasteiger partial charge in [0.15, 0.2) is 5.96 Å². The molecule has 7 heteroatoms. The number of hydrogen-bond donors (Lipinski definition) is 2. The summed E-state index contributed by atoms with van der Waals surface area (Å²) in [5.41, 5.74) is 2.08. The maximum absolute atomic E-state index is 6.13. The van der Waals surface area contributed by atoms with Gasteiger partial charge in [-0.3, -0.25) is 4.99 Å². The third-order valence-electron chi connectivity index (χ3n) is 4.76. The number of nitrogens with zero attached hydrogens (tertiary/aromatic N) is 1. The number of aliphatic imine (C=N–C) groups is 1. The zero-order valence-electron chi connectivity index (χ0n) is 19.3. The summed E-state index contributed by atoms with van der Waals surface area (Å²) in [7, 11) is 1.79. The van der Waals surface area contributed by atoms with E-state index < -0.39 is 0 Å². The minimum Gasteiger partial charge on any atom is -0.488 e. The van der Waals surface area contributed by atoms with Crippen molar-refractivity contribution in [3.8, 4) is 5.75 Å². The summed E-state index contributed by atoms with van der Waals surface area (Å²) in [4.78, 5) is 4.32. The van der Waals surface area contributed by atoms with Gasteiger partial charge < -0.3 is 24.8 Å². The average molecular weight is 533 g/mol. The molecule has 6 nitrogen and oxygen atoms in total. The van der Waals surface area contributed by atoms with Crippen molar-refractivity contribution in [2.75, 3.05) is 40.0 Å². The van der Waals surface area contributed by atoms with Crippen molar-refractivity contribution in [2.24, 2.45) is 10.9 Å². The topological polar surface area (TPSA) is 64.1 Å². The highest BCUT2D eigenvalue weighted by atomic mass is 127. The molecule has 0 saturated carbocycles. The molecule has 1 aromatic carbocycles. The number of guanidine groups is 1. The number of rotatable bonds is 9. The minimum atomic E-state index is -0.229. The van der Waals surface area contributed by atoms with Gasteiger partial charge in [-0.1, -0.05) is 12.1 Å². The molecule has 1 aromatic rings. The van der Waals surface area contributed by atoms with Crippen LogP contribution in [0.15, 0.2) is 23.2 Å². The Bertz CT molecular complexity index is 641. The van der Waals surface area contributed by atoms with Crippen LogP contribution in [-0.2, 0) is 16.0 Å². The predicted molar refractivity (Wildman–Crippen MR) is 134 cm³/mol. The number of aryl methyl sites for hydroxylation is 1. The molecule has 0 spiro atoms. The fourth-order valence-electron chi connectivity index (χ4n) is 3.18. The third kappa shape index (κ3) is 10.8. The van der Waals surface area contributed by atoms with Crippen LogP contribution >= 0.6 is 24.0 Å². The largest absolute Gasteiger partial charge is 0.488 e. The van der Waals surface area contributed by atoms with Gasteiger partial charge >= 0.3 is 0 Å². The molecule has 2 rings (SSSR count). The highest BCUT2D eigenvalue weighted by Gasteiger charge is 2.15. The molecular weight excluding hydrogens is 493 g/mol. The molecular formula is C23H40IN3O3. The van der Waals surface area contributed by atoms with Gasteiger partial charge in [0.1, 0.15) is 11.4 Å². The van der Waals surface area contributed by atoms with Crippen molar-refractivity contribution in [2.45, 2.75) is 59.1 Å². The second-order valence-corrected chi connectivity index (χ2v) is 8.66. The van der Waals surface area contributed by atoms with Gasteiger partial charge in [-0.05, 0) is 64.5 Å². The number of hydrogen-bond acceptors (Lipinski definition) is 4. The lowest BCUT2D eigenvalue weighted by molar-refractivity contribution is 0.0203. The summed E-state index contributed by atoms with van der Waals surface area (Å²) in [5.74, 6) is 2.36. The minimum absolute atomic E-state index is 0. The first kappa shape index (κ1) is 27.0. The number of halogens is 1. The molecule has 1 aliphatic heterocycles. The zero-order valence-corrected chi connectivity index (χ0v) is 21.6. The zero-order chi connectivity index (χ0) is 21.1. The molecule has 1 fully saturated rings. The van der Waals surface area contributed by atoms with E-state index in [4.69, 9.17) is 14.2 Å². The van der Waals surface area contributed by atoms with Crippen LogP contribution in [0, 0.1) is 12.8 Å². The standard InChI is InChI=1S/C23H39N3O3.HI/c1-18-7-8-20(21(15-18)29-23(2,3)4)16-26-22(24-5)25-11-6-12-28-17-19-9-13-27-14-10-19;/h7-8,15,19H,6,9-14,16-17H2,1-5H3,(H2,24,25,26);1H. The monoisotopic (exact) mass is 533 g/mol. The van der Waals surface area contributed by atoms with E-state index in [0.29, 0.717) is 12.5 Å². The molecule has 30 heavy (non-hydrogen) atoms. The average Bonchev–Trinajstić information content (AvgIpc) is 2.67. The molecule has 0 amide bonds. The fourth-order valence-corrected chi connectivity index (χ4v) is 3.18. The predicted octanol–water partition coefficient (Wildman–Crippen LogP) is 4.29. The quantitative estimate of drug-likeness (QED) is 0.215. The second-order valence-electron chi connectivity index (χ2n) is 8.66. The Balaban J connectivity index is 0.00000450. The Labute approximate surface area is 199 Å². The number of ether oxygens (including phenoxy) is 3. The van der Waals surface area contributed by atoms with Crippen LogP contribution < -0.4 is 15.4 Å². The molecule has 1 saturated heterocycles. The summed E-state index contributed by atoms with van der Waals surface area (Å²) in [5, 5.41) is 6.73. The second kappa shape index (κ2) is 14.1. The van der Waals surface area contributed by atoms with Crippen LogP contribution in [0.4, 0.5) is 0 Å². The highest BCUT2D eigenvalue weighted by Crippen LogP contribution is 2.24. The maximum Gasteiger partial charge on any atom is 0.191 e. The lowest BCUT2D eigenvalue weighted by atomic mass is 10.0. The van der Waals surface area contributed by atoms with E-state index in [0.717, 1.165) is 69.5 Å². The molecule has 0 aliphatic carbocycles. The van der Waals surface area contributed by atoms with Gasteiger partial charge in [0, 0.05) is 52.1 Å². The lowest BCUT2D eigenvalue weighted by Gasteiger charge is -2.24. The first-order chi connectivity index (χ1) is 13.9. The smallest absolute Gasteiger partial charge is 0.191 e. The van der Waals surface area contributed by atoms with Gasteiger partial charge in [-0.25, -0.2) is 0 Å². The van der Waals surface area contributed by atoms with E-state index in [1.807, 2.05) is 0 Å². The molecule has 0 unspecified atom stereocenters. The summed E-state index contributed by atoms with van der Waals surface area (Å²) < 4.78 is 17.3. The van der Waals surface area contributed by atoms with Crippen molar-refractivity contribution >= 4 is 29.9 Å². The van der Waals surface area contributed by atoms with E-state index in [9.17, 15) is 0 Å². The molecule has 0 bridgehead atoms. The van der Waals surface area contributed by atoms with Gasteiger partial charge in [0.2, 0.25) is 0 Å². The number of benzene rings is 1. The van der Waals surface area contributed by atoms with Crippen molar-refractivity contribution in [3.63, 3.8) is 0 Å². The third-order valence-corrected chi connectivity index (χ3v) is 4.76. The van der Waals surface area contributed by atoms with Crippen LogP contribution in [-0.4, -0.2) is 51.6 Å². The number of nitrogens with one attached hydrogen (secondary N) is 2. The Morgan fingerprint density at radius 3 is 2.60 bits per heavy atom. The van der Waals surface area contributed by atoms with Crippen LogP contribution in [0.3, 0.4) is 0 Å². The molecule has 0 aromatic heterocycles. The molecule has 2 N–H and O–H groups in total. The Kier molecular flexibility index (Phi) is 12.7. The summed E-state index contributed by atoms with van der Waals surface area (Å²) in [6, 6.07) is 6.31. The first-order valence-electron chi connectivity index (χ1n) is 10.8. The van der Waals surface area contributed by atoms with E-state index in [1.54, 1.807) is 7.05 Å². The van der Waals surface area contributed by atoms with E-state index in [2.05, 4.69) is 61.5 Å². The van der Waals surface area contributed by atoms with Crippen molar-refractivity contribution < 1.29 is 14.2 Å². The van der Waals surface area contributed by atoms with Crippen LogP contribution in [0.2, 0.25) is 0 Å².